The van der Waals surface area contributed by atoms with E-state index in [4.69, 9.17) is 11.6 Å². The van der Waals surface area contributed by atoms with E-state index in [0.717, 1.165) is 0 Å². The fraction of sp³-hybridized carbons (Fsp3) is 0.300. The Morgan fingerprint density at radius 3 is 2.07 bits per heavy atom. The van der Waals surface area contributed by atoms with Crippen LogP contribution in [0.15, 0.2) is 53.4 Å². The molecule has 28 heavy (non-hydrogen) atoms. The molecule has 150 valence electrons. The molecule has 0 unspecified atom stereocenters. The maximum atomic E-state index is 12.3. The highest BCUT2D eigenvalue weighted by atomic mass is 35.5. The fourth-order valence-corrected chi connectivity index (χ4v) is 3.69. The van der Waals surface area contributed by atoms with Gasteiger partial charge >= 0.3 is 0 Å². The number of rotatable bonds is 6. The van der Waals surface area contributed by atoms with E-state index in [2.05, 4.69) is 10.6 Å². The zero-order valence-corrected chi connectivity index (χ0v) is 17.5. The van der Waals surface area contributed by atoms with Gasteiger partial charge in [0.05, 0.1) is 10.6 Å². The smallest absolute Gasteiger partial charge is 0.251 e. The maximum Gasteiger partial charge on any atom is 0.251 e. The number of halogens is 1. The van der Waals surface area contributed by atoms with Crippen LogP contribution in [0, 0.1) is 0 Å². The van der Waals surface area contributed by atoms with Crippen LogP contribution in [-0.2, 0) is 14.6 Å². The van der Waals surface area contributed by atoms with E-state index in [0.29, 0.717) is 16.3 Å². The highest BCUT2D eigenvalue weighted by Crippen LogP contribution is 2.17. The molecule has 6 nitrogen and oxygen atoms in total. The molecule has 0 saturated carbocycles. The predicted molar refractivity (Wildman–Crippen MR) is 110 cm³/mol. The number of carbonyl (C=O) groups excluding carboxylic acids is 2. The summed E-state index contributed by atoms with van der Waals surface area (Å²) in [5.74, 6) is -0.948. The molecule has 0 aliphatic carbocycles. The second-order valence-electron chi connectivity index (χ2n) is 7.35. The Kier molecular flexibility index (Phi) is 6.85. The second kappa shape index (κ2) is 8.75. The zero-order valence-electron chi connectivity index (χ0n) is 16.0. The van der Waals surface area contributed by atoms with Gasteiger partial charge in [-0.3, -0.25) is 9.59 Å². The lowest BCUT2D eigenvalue weighted by Gasteiger charge is -2.20. The van der Waals surface area contributed by atoms with Gasteiger partial charge in [0.1, 0.15) is 0 Å². The lowest BCUT2D eigenvalue weighted by Crippen LogP contribution is -2.40. The summed E-state index contributed by atoms with van der Waals surface area (Å²) in [4.78, 5) is 24.3. The summed E-state index contributed by atoms with van der Waals surface area (Å²) >= 11 is 5.76. The highest BCUT2D eigenvalue weighted by molar-refractivity contribution is 7.91. The van der Waals surface area contributed by atoms with Crippen LogP contribution in [0.25, 0.3) is 0 Å². The van der Waals surface area contributed by atoms with Gasteiger partial charge in [-0.25, -0.2) is 8.42 Å². The van der Waals surface area contributed by atoms with Crippen molar-refractivity contribution in [2.45, 2.75) is 37.6 Å². The molecule has 0 aromatic heterocycles. The van der Waals surface area contributed by atoms with Crippen molar-refractivity contribution in [2.24, 2.45) is 0 Å². The Balaban J connectivity index is 1.92. The van der Waals surface area contributed by atoms with E-state index in [1.165, 1.54) is 24.3 Å². The minimum Gasteiger partial charge on any atom is -0.347 e. The van der Waals surface area contributed by atoms with Gasteiger partial charge in [-0.1, -0.05) is 11.6 Å². The third-order valence-electron chi connectivity index (χ3n) is 3.69. The Hall–Kier alpha value is -2.38. The van der Waals surface area contributed by atoms with Crippen LogP contribution in [0.1, 0.15) is 37.6 Å². The van der Waals surface area contributed by atoms with Crippen molar-refractivity contribution in [3.05, 3.63) is 59.1 Å². The first-order valence-electron chi connectivity index (χ1n) is 8.67. The number of hydrogen-bond acceptors (Lipinski definition) is 4. The van der Waals surface area contributed by atoms with Crippen molar-refractivity contribution in [3.8, 4) is 0 Å². The first-order valence-corrected chi connectivity index (χ1v) is 10.7. The van der Waals surface area contributed by atoms with E-state index in [9.17, 15) is 18.0 Å². The molecule has 0 spiro atoms. The molecule has 0 bridgehead atoms. The number of carbonyl (C=O) groups is 2. The average Bonchev–Trinajstić information content (AvgIpc) is 2.59. The predicted octanol–water partition coefficient (Wildman–Crippen LogP) is 3.67. The molecule has 2 aromatic rings. The van der Waals surface area contributed by atoms with Crippen molar-refractivity contribution in [2.75, 3.05) is 11.1 Å². The van der Waals surface area contributed by atoms with Crippen molar-refractivity contribution >= 4 is 38.9 Å². The van der Waals surface area contributed by atoms with Crippen molar-refractivity contribution in [1.29, 1.82) is 0 Å². The zero-order chi connectivity index (χ0) is 20.9. The van der Waals surface area contributed by atoms with Crippen LogP contribution in [0.4, 0.5) is 5.69 Å². The maximum absolute atomic E-state index is 12.3. The van der Waals surface area contributed by atoms with Crippen molar-refractivity contribution < 1.29 is 18.0 Å². The monoisotopic (exact) mass is 422 g/mol. The second-order valence-corrected chi connectivity index (χ2v) is 9.90. The van der Waals surface area contributed by atoms with Crippen LogP contribution in [-0.4, -0.2) is 31.5 Å². The summed E-state index contributed by atoms with van der Waals surface area (Å²) in [6.07, 6.45) is -0.183. The van der Waals surface area contributed by atoms with E-state index in [1.807, 2.05) is 20.8 Å². The minimum atomic E-state index is -3.57. The standard InChI is InChI=1S/C20H23ClN2O4S/c1-20(2,3)23-19(25)14-4-8-16(9-5-14)22-18(24)12-13-28(26,27)17-10-6-15(21)7-11-17/h4-11H,12-13H2,1-3H3,(H,22,24)(H,23,25). The molecule has 0 radical (unpaired) electrons. The van der Waals surface area contributed by atoms with Crippen molar-refractivity contribution in [3.63, 3.8) is 0 Å². The molecular formula is C20H23ClN2O4S. The number of sulfone groups is 1. The first kappa shape index (κ1) is 21.9. The number of hydrogen-bond donors (Lipinski definition) is 2. The molecule has 0 heterocycles. The van der Waals surface area contributed by atoms with E-state index >= 15 is 0 Å². The molecule has 0 fully saturated rings. The third-order valence-corrected chi connectivity index (χ3v) is 5.67. The molecule has 8 heteroatoms. The van der Waals surface area contributed by atoms with Gasteiger partial charge in [-0.15, -0.1) is 0 Å². The van der Waals surface area contributed by atoms with Crippen LogP contribution < -0.4 is 10.6 Å². The lowest BCUT2D eigenvalue weighted by molar-refractivity contribution is -0.115. The fourth-order valence-electron chi connectivity index (χ4n) is 2.33. The number of anilines is 1. The SMILES string of the molecule is CC(C)(C)NC(=O)c1ccc(NC(=O)CCS(=O)(=O)c2ccc(Cl)cc2)cc1. The van der Waals surface area contributed by atoms with E-state index in [-0.39, 0.29) is 28.5 Å². The average molecular weight is 423 g/mol. The molecule has 0 aliphatic heterocycles. The molecular weight excluding hydrogens is 400 g/mol. The number of amides is 2. The molecule has 0 aliphatic rings. The summed E-state index contributed by atoms with van der Waals surface area (Å²) in [5.41, 5.74) is 0.610. The van der Waals surface area contributed by atoms with Gasteiger partial charge in [0.15, 0.2) is 9.84 Å². The van der Waals surface area contributed by atoms with E-state index < -0.39 is 15.7 Å². The summed E-state index contributed by atoms with van der Waals surface area (Å²) in [6, 6.07) is 12.2. The van der Waals surface area contributed by atoms with Crippen LogP contribution in [0.2, 0.25) is 5.02 Å². The van der Waals surface area contributed by atoms with Gasteiger partial charge < -0.3 is 10.6 Å². The van der Waals surface area contributed by atoms with Gasteiger partial charge in [-0.05, 0) is 69.3 Å². The summed E-state index contributed by atoms with van der Waals surface area (Å²) in [6.45, 7) is 5.66. The van der Waals surface area contributed by atoms with E-state index in [1.54, 1.807) is 24.3 Å². The van der Waals surface area contributed by atoms with Crippen molar-refractivity contribution in [1.82, 2.24) is 5.32 Å². The quantitative estimate of drug-likeness (QED) is 0.742. The Morgan fingerprint density at radius 2 is 1.54 bits per heavy atom. The molecule has 2 N–H and O–H groups in total. The molecule has 2 rings (SSSR count). The minimum absolute atomic E-state index is 0.124. The lowest BCUT2D eigenvalue weighted by atomic mass is 10.1. The molecule has 0 saturated heterocycles. The first-order chi connectivity index (χ1) is 13.0. The third kappa shape index (κ3) is 6.65. The highest BCUT2D eigenvalue weighted by Gasteiger charge is 2.17. The van der Waals surface area contributed by atoms with Crippen LogP contribution >= 0.6 is 11.6 Å². The summed E-state index contributed by atoms with van der Waals surface area (Å²) in [5, 5.41) is 5.92. The Bertz CT molecular complexity index is 947. The Morgan fingerprint density at radius 1 is 0.964 bits per heavy atom. The normalized spacial score (nSPS) is 11.7. The van der Waals surface area contributed by atoms with Gasteiger partial charge in [-0.2, -0.15) is 0 Å². The summed E-state index contributed by atoms with van der Waals surface area (Å²) in [7, 11) is -3.57. The number of benzene rings is 2. The number of nitrogens with one attached hydrogen (secondary N) is 2. The molecule has 2 amide bonds. The van der Waals surface area contributed by atoms with Gasteiger partial charge in [0.2, 0.25) is 5.91 Å². The Labute approximate surface area is 170 Å². The molecule has 2 aromatic carbocycles. The van der Waals surface area contributed by atoms with Crippen LogP contribution in [0.5, 0.6) is 0 Å². The topological polar surface area (TPSA) is 92.3 Å². The van der Waals surface area contributed by atoms with Gasteiger partial charge in [0, 0.05) is 28.2 Å². The van der Waals surface area contributed by atoms with Crippen LogP contribution in [0.3, 0.4) is 0 Å². The summed E-state index contributed by atoms with van der Waals surface area (Å²) < 4.78 is 24.5. The van der Waals surface area contributed by atoms with Gasteiger partial charge in [0.25, 0.3) is 5.91 Å². The largest absolute Gasteiger partial charge is 0.347 e. The molecule has 0 atom stereocenters.